The number of phenolic OH excluding ortho intramolecular Hbond substituents is 1. The van der Waals surface area contributed by atoms with Crippen molar-refractivity contribution in [3.8, 4) is 5.75 Å². The number of fused-ring (bicyclic) bond motifs is 1. The van der Waals surface area contributed by atoms with Gasteiger partial charge in [-0.1, -0.05) is 36.4 Å². The average molecular weight is 276 g/mol. The van der Waals surface area contributed by atoms with Crippen molar-refractivity contribution in [2.45, 2.75) is 18.6 Å². The van der Waals surface area contributed by atoms with Gasteiger partial charge in [0.25, 0.3) is 0 Å². The van der Waals surface area contributed by atoms with Crippen molar-refractivity contribution in [1.82, 2.24) is 0 Å². The van der Waals surface area contributed by atoms with Crippen LogP contribution >= 0.6 is 0 Å². The van der Waals surface area contributed by atoms with Gasteiger partial charge in [0.2, 0.25) is 0 Å². The maximum Gasteiger partial charge on any atom is 0.308 e. The molecule has 0 radical (unpaired) electrons. The van der Waals surface area contributed by atoms with Crippen molar-refractivity contribution in [3.63, 3.8) is 0 Å². The van der Waals surface area contributed by atoms with Crippen molar-refractivity contribution in [1.29, 1.82) is 0 Å². The number of hydrogen-bond acceptors (Lipinski definition) is 5. The molecule has 2 aromatic carbocycles. The van der Waals surface area contributed by atoms with Gasteiger partial charge in [-0.2, -0.15) is 0 Å². The molecule has 0 saturated heterocycles. The fourth-order valence-electron chi connectivity index (χ4n) is 2.08. The molecule has 0 fully saturated rings. The Bertz CT molecular complexity index is 623. The topological polar surface area (TPSA) is 87.0 Å². The number of esters is 1. The van der Waals surface area contributed by atoms with Crippen LogP contribution in [0.3, 0.4) is 0 Å². The lowest BCUT2D eigenvalue weighted by Gasteiger charge is -2.19. The summed E-state index contributed by atoms with van der Waals surface area (Å²) >= 11 is 0. The Morgan fingerprint density at radius 3 is 2.60 bits per heavy atom. The van der Waals surface area contributed by atoms with Crippen LogP contribution in [0.15, 0.2) is 36.4 Å². The Hall–Kier alpha value is -2.11. The van der Waals surface area contributed by atoms with E-state index in [1.54, 1.807) is 18.2 Å². The maximum absolute atomic E-state index is 11.1. The Morgan fingerprint density at radius 1 is 1.20 bits per heavy atom. The molecule has 5 heteroatoms. The minimum atomic E-state index is -1.36. The van der Waals surface area contributed by atoms with E-state index in [1.165, 1.54) is 13.2 Å². The first-order chi connectivity index (χ1) is 9.54. The van der Waals surface area contributed by atoms with E-state index in [9.17, 15) is 20.1 Å². The molecule has 0 heterocycles. The molecule has 5 nitrogen and oxygen atoms in total. The molecule has 0 aliphatic rings. The number of aliphatic hydroxyl groups is 2. The zero-order valence-corrected chi connectivity index (χ0v) is 11.0. The highest BCUT2D eigenvalue weighted by Crippen LogP contribution is 2.34. The molecule has 0 aliphatic carbocycles. The van der Waals surface area contributed by atoms with E-state index in [1.807, 2.05) is 12.1 Å². The van der Waals surface area contributed by atoms with Gasteiger partial charge in [-0.25, -0.2) is 0 Å². The highest BCUT2D eigenvalue weighted by Gasteiger charge is 2.24. The molecule has 2 unspecified atom stereocenters. The summed E-state index contributed by atoms with van der Waals surface area (Å²) in [5, 5.41) is 31.4. The van der Waals surface area contributed by atoms with Gasteiger partial charge in [0.05, 0.1) is 19.6 Å². The quantitative estimate of drug-likeness (QED) is 0.737. The van der Waals surface area contributed by atoms with Gasteiger partial charge < -0.3 is 20.1 Å². The molecule has 0 bridgehead atoms. The van der Waals surface area contributed by atoms with Crippen LogP contribution in [0.2, 0.25) is 0 Å². The zero-order chi connectivity index (χ0) is 14.7. The minimum Gasteiger partial charge on any atom is -0.507 e. The Kier molecular flexibility index (Phi) is 4.22. The SMILES string of the molecule is COC(=O)CC(O)C(O)c1ccc2ccccc2c1O. The van der Waals surface area contributed by atoms with Crippen LogP contribution in [0, 0.1) is 0 Å². The summed E-state index contributed by atoms with van der Waals surface area (Å²) in [7, 11) is 1.20. The van der Waals surface area contributed by atoms with E-state index < -0.39 is 18.2 Å². The average Bonchev–Trinajstić information content (AvgIpc) is 2.47. The largest absolute Gasteiger partial charge is 0.507 e. The van der Waals surface area contributed by atoms with Gasteiger partial charge in [-0.15, -0.1) is 0 Å². The number of aliphatic hydroxyl groups excluding tert-OH is 2. The third-order valence-corrected chi connectivity index (χ3v) is 3.22. The van der Waals surface area contributed by atoms with Crippen LogP contribution in [-0.4, -0.2) is 34.5 Å². The number of methoxy groups -OCH3 is 1. The maximum atomic E-state index is 11.1. The predicted molar refractivity (Wildman–Crippen MR) is 73.2 cm³/mol. The van der Waals surface area contributed by atoms with Crippen LogP contribution in [0.5, 0.6) is 5.75 Å². The van der Waals surface area contributed by atoms with Gasteiger partial charge >= 0.3 is 5.97 Å². The number of hydrogen-bond donors (Lipinski definition) is 3. The predicted octanol–water partition coefficient (Wildman–Crippen LogP) is 1.50. The molecular formula is C15H16O5. The zero-order valence-electron chi connectivity index (χ0n) is 11.0. The standard InChI is InChI=1S/C15H16O5/c1-20-13(17)8-12(16)15(19)11-7-6-9-4-2-3-5-10(9)14(11)18/h2-7,12,15-16,18-19H,8H2,1H3. The molecule has 106 valence electrons. The monoisotopic (exact) mass is 276 g/mol. The Morgan fingerprint density at radius 2 is 1.90 bits per heavy atom. The van der Waals surface area contributed by atoms with Crippen molar-refractivity contribution in [2.24, 2.45) is 0 Å². The summed E-state index contributed by atoms with van der Waals surface area (Å²) in [5.74, 6) is -0.726. The van der Waals surface area contributed by atoms with Gasteiger partial charge in [-0.3, -0.25) is 4.79 Å². The summed E-state index contributed by atoms with van der Waals surface area (Å²) in [5.41, 5.74) is 0.181. The summed E-state index contributed by atoms with van der Waals surface area (Å²) < 4.78 is 4.43. The number of aromatic hydroxyl groups is 1. The van der Waals surface area contributed by atoms with Crippen LogP contribution in [0.1, 0.15) is 18.1 Å². The fourth-order valence-corrected chi connectivity index (χ4v) is 2.08. The van der Waals surface area contributed by atoms with Gasteiger partial charge in [0.1, 0.15) is 11.9 Å². The summed E-state index contributed by atoms with van der Waals surface area (Å²) in [6, 6.07) is 10.4. The van der Waals surface area contributed by atoms with Gasteiger partial charge in [0.15, 0.2) is 0 Å². The van der Waals surface area contributed by atoms with E-state index in [4.69, 9.17) is 0 Å². The minimum absolute atomic E-state index is 0.0977. The fraction of sp³-hybridized carbons (Fsp3) is 0.267. The van der Waals surface area contributed by atoms with Crippen molar-refractivity contribution < 1.29 is 24.9 Å². The third kappa shape index (κ3) is 2.74. The number of carbonyl (C=O) groups is 1. The molecule has 0 amide bonds. The summed E-state index contributed by atoms with van der Waals surface area (Å²) in [6.45, 7) is 0. The number of ether oxygens (including phenoxy) is 1. The lowest BCUT2D eigenvalue weighted by Crippen LogP contribution is -2.22. The Labute approximate surface area is 116 Å². The third-order valence-electron chi connectivity index (χ3n) is 3.22. The first-order valence-electron chi connectivity index (χ1n) is 6.18. The number of benzene rings is 2. The first-order valence-corrected chi connectivity index (χ1v) is 6.18. The van der Waals surface area contributed by atoms with Crippen molar-refractivity contribution >= 4 is 16.7 Å². The van der Waals surface area contributed by atoms with Gasteiger partial charge in [-0.05, 0) is 5.39 Å². The molecule has 2 atom stereocenters. The van der Waals surface area contributed by atoms with E-state index in [-0.39, 0.29) is 17.7 Å². The molecule has 0 spiro atoms. The molecule has 2 aromatic rings. The van der Waals surface area contributed by atoms with E-state index in [0.29, 0.717) is 5.39 Å². The molecule has 20 heavy (non-hydrogen) atoms. The smallest absolute Gasteiger partial charge is 0.308 e. The van der Waals surface area contributed by atoms with Gasteiger partial charge in [0, 0.05) is 10.9 Å². The second-order valence-corrected chi connectivity index (χ2v) is 4.52. The molecule has 0 aliphatic heterocycles. The second-order valence-electron chi connectivity index (χ2n) is 4.52. The lowest BCUT2D eigenvalue weighted by atomic mass is 9.97. The van der Waals surface area contributed by atoms with E-state index >= 15 is 0 Å². The van der Waals surface area contributed by atoms with Crippen LogP contribution in [-0.2, 0) is 9.53 Å². The summed E-state index contributed by atoms with van der Waals surface area (Å²) in [6.07, 6.45) is -3.04. The molecule has 3 N–H and O–H groups in total. The second kappa shape index (κ2) is 5.90. The first kappa shape index (κ1) is 14.3. The Balaban J connectivity index is 2.32. The normalized spacial score (nSPS) is 13.9. The number of rotatable bonds is 4. The van der Waals surface area contributed by atoms with Crippen molar-refractivity contribution in [2.75, 3.05) is 7.11 Å². The number of carbonyl (C=O) groups excluding carboxylic acids is 1. The van der Waals surface area contributed by atoms with E-state index in [2.05, 4.69) is 4.74 Å². The number of phenols is 1. The molecule has 2 rings (SSSR count). The summed E-state index contributed by atoms with van der Waals surface area (Å²) in [4.78, 5) is 11.1. The highest BCUT2D eigenvalue weighted by molar-refractivity contribution is 5.89. The molecule has 0 saturated carbocycles. The van der Waals surface area contributed by atoms with Crippen LogP contribution in [0.25, 0.3) is 10.8 Å². The molecular weight excluding hydrogens is 260 g/mol. The lowest BCUT2D eigenvalue weighted by molar-refractivity contribution is -0.144. The molecule has 0 aromatic heterocycles. The van der Waals surface area contributed by atoms with Crippen LogP contribution in [0.4, 0.5) is 0 Å². The van der Waals surface area contributed by atoms with Crippen molar-refractivity contribution in [3.05, 3.63) is 42.0 Å². The van der Waals surface area contributed by atoms with E-state index in [0.717, 1.165) is 5.39 Å². The highest BCUT2D eigenvalue weighted by atomic mass is 16.5. The van der Waals surface area contributed by atoms with Crippen LogP contribution < -0.4 is 0 Å².